The molecular weight excluding hydrogens is 343 g/mol. The molecule has 2 atom stereocenters. The van der Waals surface area contributed by atoms with Crippen molar-refractivity contribution in [2.75, 3.05) is 26.9 Å². The first-order valence-corrected chi connectivity index (χ1v) is 7.37. The first-order valence-electron chi connectivity index (χ1n) is 6.99. The van der Waals surface area contributed by atoms with Gasteiger partial charge in [-0.2, -0.15) is 0 Å². The molecule has 0 aromatic heterocycles. The van der Waals surface area contributed by atoms with Gasteiger partial charge in [0.25, 0.3) is 0 Å². The first kappa shape index (κ1) is 19.7. The van der Waals surface area contributed by atoms with Crippen LogP contribution in [0.2, 0.25) is 5.02 Å². The van der Waals surface area contributed by atoms with Crippen LogP contribution >= 0.6 is 24.0 Å². The molecule has 1 heterocycles. The monoisotopic (exact) mass is 362 g/mol. The Bertz CT molecular complexity index is 539. The number of hydrogen-bond donors (Lipinski definition) is 1. The van der Waals surface area contributed by atoms with E-state index in [9.17, 15) is 9.59 Å². The van der Waals surface area contributed by atoms with Crippen molar-refractivity contribution in [1.82, 2.24) is 4.90 Å². The van der Waals surface area contributed by atoms with E-state index >= 15 is 0 Å². The van der Waals surface area contributed by atoms with Crippen LogP contribution in [0.3, 0.4) is 0 Å². The maximum atomic E-state index is 12.5. The van der Waals surface area contributed by atoms with Gasteiger partial charge in [0.1, 0.15) is 0 Å². The van der Waals surface area contributed by atoms with Gasteiger partial charge in [-0.3, -0.25) is 4.79 Å². The largest absolute Gasteiger partial charge is 0.467 e. The summed E-state index contributed by atoms with van der Waals surface area (Å²) in [5, 5.41) is 0.627. The van der Waals surface area contributed by atoms with E-state index in [1.54, 1.807) is 12.1 Å². The topological polar surface area (TPSA) is 81.9 Å². The Balaban J connectivity index is 0.00000264. The Morgan fingerprint density at radius 1 is 1.43 bits per heavy atom. The number of methoxy groups -OCH3 is 1. The minimum Gasteiger partial charge on any atom is -0.467 e. The van der Waals surface area contributed by atoms with Crippen molar-refractivity contribution >= 4 is 35.9 Å². The first-order chi connectivity index (χ1) is 10.5. The molecule has 1 aliphatic rings. The van der Waals surface area contributed by atoms with Crippen LogP contribution in [0, 0.1) is 0 Å². The van der Waals surface area contributed by atoms with Crippen LogP contribution < -0.4 is 5.73 Å². The molecule has 23 heavy (non-hydrogen) atoms. The van der Waals surface area contributed by atoms with Crippen molar-refractivity contribution in [3.8, 4) is 0 Å². The molecule has 0 bridgehead atoms. The molecule has 128 valence electrons. The van der Waals surface area contributed by atoms with Crippen molar-refractivity contribution in [1.29, 1.82) is 0 Å². The second-order valence-electron chi connectivity index (χ2n) is 5.08. The van der Waals surface area contributed by atoms with Gasteiger partial charge < -0.3 is 20.1 Å². The maximum Gasteiger partial charge on any atom is 0.331 e. The molecule has 1 amide bonds. The molecule has 0 saturated carbocycles. The van der Waals surface area contributed by atoms with Crippen LogP contribution in [0.4, 0.5) is 0 Å². The Morgan fingerprint density at radius 3 is 2.70 bits per heavy atom. The summed E-state index contributed by atoms with van der Waals surface area (Å²) in [6.45, 7) is 0.839. The van der Waals surface area contributed by atoms with E-state index < -0.39 is 18.1 Å². The molecule has 0 unspecified atom stereocenters. The molecule has 8 heteroatoms. The van der Waals surface area contributed by atoms with E-state index in [0.29, 0.717) is 24.6 Å². The van der Waals surface area contributed by atoms with E-state index in [-0.39, 0.29) is 24.9 Å². The third kappa shape index (κ3) is 5.07. The highest BCUT2D eigenvalue weighted by Gasteiger charge is 2.35. The lowest BCUT2D eigenvalue weighted by atomic mass is 10.0. The average Bonchev–Trinajstić information content (AvgIpc) is 2.55. The van der Waals surface area contributed by atoms with E-state index in [0.717, 1.165) is 5.56 Å². The van der Waals surface area contributed by atoms with Gasteiger partial charge in [0.15, 0.2) is 6.04 Å². The third-order valence-corrected chi connectivity index (χ3v) is 3.82. The van der Waals surface area contributed by atoms with E-state index in [1.807, 2.05) is 12.1 Å². The number of halogens is 2. The van der Waals surface area contributed by atoms with Gasteiger partial charge in [-0.05, 0) is 24.1 Å². The van der Waals surface area contributed by atoms with Gasteiger partial charge in [0.2, 0.25) is 5.91 Å². The van der Waals surface area contributed by atoms with E-state index in [1.165, 1.54) is 12.0 Å². The highest BCUT2D eigenvalue weighted by atomic mass is 35.5. The zero-order chi connectivity index (χ0) is 16.1. The number of rotatable bonds is 4. The molecular formula is C15H20Cl2N2O4. The maximum absolute atomic E-state index is 12.5. The van der Waals surface area contributed by atoms with Gasteiger partial charge in [-0.25, -0.2) is 4.79 Å². The van der Waals surface area contributed by atoms with Crippen molar-refractivity contribution in [2.24, 2.45) is 5.73 Å². The molecule has 1 aromatic carbocycles. The minimum atomic E-state index is -0.734. The second kappa shape index (κ2) is 9.08. The predicted octanol–water partition coefficient (Wildman–Crippen LogP) is 1.03. The van der Waals surface area contributed by atoms with Gasteiger partial charge in [0, 0.05) is 11.6 Å². The number of ether oxygens (including phenoxy) is 2. The summed E-state index contributed by atoms with van der Waals surface area (Å²) in [6, 6.07) is 5.69. The molecule has 6 nitrogen and oxygen atoms in total. The van der Waals surface area contributed by atoms with Crippen molar-refractivity contribution < 1.29 is 19.1 Å². The Hall–Kier alpha value is -1.34. The highest BCUT2D eigenvalue weighted by molar-refractivity contribution is 6.30. The third-order valence-electron chi connectivity index (χ3n) is 3.57. The van der Waals surface area contributed by atoms with Crippen molar-refractivity contribution in [3.05, 3.63) is 34.9 Å². The van der Waals surface area contributed by atoms with E-state index in [4.69, 9.17) is 26.8 Å². The second-order valence-corrected chi connectivity index (χ2v) is 5.52. The molecule has 1 aliphatic heterocycles. The molecule has 0 aliphatic carbocycles. The zero-order valence-corrected chi connectivity index (χ0v) is 14.3. The molecule has 0 radical (unpaired) electrons. The number of benzene rings is 1. The van der Waals surface area contributed by atoms with Gasteiger partial charge in [0.05, 0.1) is 26.4 Å². The van der Waals surface area contributed by atoms with Crippen molar-refractivity contribution in [3.63, 3.8) is 0 Å². The average molecular weight is 363 g/mol. The molecule has 2 rings (SSSR count). The van der Waals surface area contributed by atoms with Gasteiger partial charge in [-0.15, -0.1) is 12.4 Å². The number of nitrogens with zero attached hydrogens (tertiary/aromatic N) is 1. The normalized spacial score (nSPS) is 18.7. The Morgan fingerprint density at radius 2 is 2.09 bits per heavy atom. The van der Waals surface area contributed by atoms with E-state index in [2.05, 4.69) is 0 Å². The molecule has 1 aromatic rings. The number of esters is 1. The summed E-state index contributed by atoms with van der Waals surface area (Å²) >= 11 is 5.83. The lowest BCUT2D eigenvalue weighted by molar-refractivity contribution is -0.161. The van der Waals surface area contributed by atoms with Gasteiger partial charge >= 0.3 is 5.97 Å². The highest BCUT2D eigenvalue weighted by Crippen LogP contribution is 2.14. The number of carbonyl (C=O) groups excluding carboxylic acids is 2. The molecule has 1 saturated heterocycles. The number of carbonyl (C=O) groups is 2. The quantitative estimate of drug-likeness (QED) is 0.809. The number of hydrogen-bond acceptors (Lipinski definition) is 5. The van der Waals surface area contributed by atoms with Crippen LogP contribution in [0.5, 0.6) is 0 Å². The fraction of sp³-hybridized carbons (Fsp3) is 0.467. The SMILES string of the molecule is COC(=O)[C@@H]1COCCN1C(=O)[C@H](N)Cc1ccc(Cl)cc1.Cl. The summed E-state index contributed by atoms with van der Waals surface area (Å²) in [4.78, 5) is 25.7. The lowest BCUT2D eigenvalue weighted by Crippen LogP contribution is -2.57. The number of morpholine rings is 1. The number of nitrogens with two attached hydrogens (primary N) is 1. The van der Waals surface area contributed by atoms with Crippen LogP contribution in [-0.2, 0) is 25.5 Å². The summed E-state index contributed by atoms with van der Waals surface area (Å²) in [6.07, 6.45) is 0.376. The molecule has 0 spiro atoms. The van der Waals surface area contributed by atoms with Crippen LogP contribution in [0.15, 0.2) is 24.3 Å². The molecule has 2 N–H and O–H groups in total. The fourth-order valence-corrected chi connectivity index (χ4v) is 2.50. The van der Waals surface area contributed by atoms with Crippen molar-refractivity contribution in [2.45, 2.75) is 18.5 Å². The minimum absolute atomic E-state index is 0. The predicted molar refractivity (Wildman–Crippen MR) is 88.7 cm³/mol. The lowest BCUT2D eigenvalue weighted by Gasteiger charge is -2.35. The fourth-order valence-electron chi connectivity index (χ4n) is 2.37. The van der Waals surface area contributed by atoms with Crippen LogP contribution in [0.25, 0.3) is 0 Å². The smallest absolute Gasteiger partial charge is 0.331 e. The molecule has 1 fully saturated rings. The Labute approximate surface area is 146 Å². The standard InChI is InChI=1S/C15H19ClN2O4.ClH/c1-21-15(20)13-9-22-7-6-18(13)14(19)12(17)8-10-2-4-11(16)5-3-10;/h2-5,12-13H,6-9,17H2,1H3;1H/t12-,13+;/m1./s1. The Kier molecular flexibility index (Phi) is 7.78. The summed E-state index contributed by atoms with van der Waals surface area (Å²) in [5.74, 6) is -0.777. The summed E-state index contributed by atoms with van der Waals surface area (Å²) in [5.41, 5.74) is 6.92. The zero-order valence-electron chi connectivity index (χ0n) is 12.7. The summed E-state index contributed by atoms with van der Waals surface area (Å²) in [7, 11) is 1.28. The van der Waals surface area contributed by atoms with Crippen LogP contribution in [-0.4, -0.2) is 55.7 Å². The summed E-state index contributed by atoms with van der Waals surface area (Å²) < 4.78 is 9.96. The number of amides is 1. The van der Waals surface area contributed by atoms with Crippen LogP contribution in [0.1, 0.15) is 5.56 Å². The van der Waals surface area contributed by atoms with Gasteiger partial charge in [-0.1, -0.05) is 23.7 Å².